The topological polar surface area (TPSA) is 48.0 Å². The lowest BCUT2D eigenvalue weighted by atomic mass is 10.4. The van der Waals surface area contributed by atoms with Crippen LogP contribution < -0.4 is 5.56 Å². The summed E-state index contributed by atoms with van der Waals surface area (Å²) in [5, 5.41) is 0.208. The van der Waals surface area contributed by atoms with Crippen LogP contribution in [0, 0.1) is 6.92 Å². The molecule has 2 rings (SSSR count). The molecule has 0 atom stereocenters. The molecular weight excluding hydrogens is 295 g/mol. The fraction of sp³-hybridized carbons (Fsp3) is 0.200. The van der Waals surface area contributed by atoms with Crippen molar-refractivity contribution in [3.8, 4) is 0 Å². The van der Waals surface area contributed by atoms with Gasteiger partial charge in [-0.3, -0.25) is 9.36 Å². The lowest BCUT2D eigenvalue weighted by molar-refractivity contribution is 0.466. The quantitative estimate of drug-likeness (QED) is 0.801. The van der Waals surface area contributed by atoms with Gasteiger partial charge in [-0.25, -0.2) is 4.98 Å². The molecule has 0 unspecified atom stereocenters. The number of aromatic nitrogens is 2. The maximum absolute atomic E-state index is 11.7. The summed E-state index contributed by atoms with van der Waals surface area (Å²) in [7, 11) is 0. The summed E-state index contributed by atoms with van der Waals surface area (Å²) in [6.45, 7) is 2.08. The van der Waals surface area contributed by atoms with Gasteiger partial charge in [-0.2, -0.15) is 0 Å². The number of furan rings is 1. The van der Waals surface area contributed by atoms with E-state index in [0.717, 1.165) is 0 Å². The Hall–Kier alpha value is -1.07. The Bertz CT molecular complexity index is 576. The van der Waals surface area contributed by atoms with Crippen LogP contribution in [-0.4, -0.2) is 9.55 Å². The summed E-state index contributed by atoms with van der Waals surface area (Å²) in [4.78, 5) is 15.7. The van der Waals surface area contributed by atoms with Crippen molar-refractivity contribution in [3.05, 3.63) is 50.0 Å². The average Bonchev–Trinajstić information content (AvgIpc) is 2.58. The number of hydrogen-bond acceptors (Lipinski definition) is 3. The van der Waals surface area contributed by atoms with Crippen LogP contribution in [0.5, 0.6) is 0 Å². The standard InChI is InChI=1S/C10H8BrClN2O2/c1-6-13-9(12)4-10(15)14(6)5-7-2-3-8(11)16-7/h2-4H,5H2,1H3. The Kier molecular flexibility index (Phi) is 3.16. The number of rotatable bonds is 2. The highest BCUT2D eigenvalue weighted by molar-refractivity contribution is 9.10. The molecule has 0 fully saturated rings. The molecule has 0 N–H and O–H groups in total. The first-order valence-electron chi connectivity index (χ1n) is 4.54. The van der Waals surface area contributed by atoms with Crippen molar-refractivity contribution in [1.82, 2.24) is 9.55 Å². The molecule has 2 aromatic rings. The number of hydrogen-bond donors (Lipinski definition) is 0. The molecule has 84 valence electrons. The zero-order valence-corrected chi connectivity index (χ0v) is 10.7. The van der Waals surface area contributed by atoms with Gasteiger partial charge >= 0.3 is 0 Å². The van der Waals surface area contributed by atoms with Gasteiger partial charge in [0.05, 0.1) is 6.54 Å². The van der Waals surface area contributed by atoms with Crippen LogP contribution >= 0.6 is 27.5 Å². The molecule has 2 aromatic heterocycles. The minimum atomic E-state index is -0.190. The van der Waals surface area contributed by atoms with Crippen LogP contribution in [0.15, 0.2) is 32.1 Å². The smallest absolute Gasteiger partial charge is 0.255 e. The molecule has 4 nitrogen and oxygen atoms in total. The third kappa shape index (κ3) is 2.36. The highest BCUT2D eigenvalue weighted by Crippen LogP contribution is 2.15. The molecular formula is C10H8BrClN2O2. The molecule has 2 heterocycles. The van der Waals surface area contributed by atoms with Crippen molar-refractivity contribution in [2.75, 3.05) is 0 Å². The fourth-order valence-corrected chi connectivity index (χ4v) is 1.93. The first-order valence-corrected chi connectivity index (χ1v) is 5.71. The molecule has 0 saturated heterocycles. The summed E-state index contributed by atoms with van der Waals surface area (Å²) < 4.78 is 7.46. The molecule has 0 aromatic carbocycles. The van der Waals surface area contributed by atoms with E-state index in [-0.39, 0.29) is 10.7 Å². The van der Waals surface area contributed by atoms with Gasteiger partial charge in [0.25, 0.3) is 5.56 Å². The number of nitrogens with zero attached hydrogens (tertiary/aromatic N) is 2. The van der Waals surface area contributed by atoms with E-state index >= 15 is 0 Å². The Balaban J connectivity index is 2.38. The average molecular weight is 304 g/mol. The molecule has 0 amide bonds. The molecule has 0 saturated carbocycles. The predicted octanol–water partition coefficient (Wildman–Crippen LogP) is 2.61. The van der Waals surface area contributed by atoms with Crippen LogP contribution in [0.1, 0.15) is 11.6 Å². The minimum absolute atomic E-state index is 0.190. The van der Waals surface area contributed by atoms with Crippen LogP contribution in [0.4, 0.5) is 0 Å². The van der Waals surface area contributed by atoms with E-state index in [1.807, 2.05) is 0 Å². The van der Waals surface area contributed by atoms with Gasteiger partial charge in [-0.15, -0.1) is 0 Å². The second-order valence-electron chi connectivity index (χ2n) is 3.26. The van der Waals surface area contributed by atoms with E-state index < -0.39 is 0 Å². The summed E-state index contributed by atoms with van der Waals surface area (Å²) in [5.41, 5.74) is -0.190. The third-order valence-electron chi connectivity index (χ3n) is 2.11. The fourth-order valence-electron chi connectivity index (χ4n) is 1.37. The molecule has 0 aliphatic rings. The zero-order valence-electron chi connectivity index (χ0n) is 8.41. The van der Waals surface area contributed by atoms with Gasteiger partial charge in [0, 0.05) is 6.07 Å². The van der Waals surface area contributed by atoms with Crippen molar-refractivity contribution >= 4 is 27.5 Å². The SMILES string of the molecule is Cc1nc(Cl)cc(=O)n1Cc1ccc(Br)o1. The van der Waals surface area contributed by atoms with Crippen molar-refractivity contribution < 1.29 is 4.42 Å². The molecule has 6 heteroatoms. The zero-order chi connectivity index (χ0) is 11.7. The van der Waals surface area contributed by atoms with E-state index in [2.05, 4.69) is 20.9 Å². The molecule has 0 radical (unpaired) electrons. The van der Waals surface area contributed by atoms with Gasteiger partial charge in [0.2, 0.25) is 0 Å². The lowest BCUT2D eigenvalue weighted by Crippen LogP contribution is -2.23. The maximum atomic E-state index is 11.7. The highest BCUT2D eigenvalue weighted by atomic mass is 79.9. The molecule has 0 aliphatic heterocycles. The lowest BCUT2D eigenvalue weighted by Gasteiger charge is -2.06. The largest absolute Gasteiger partial charge is 0.452 e. The van der Waals surface area contributed by atoms with E-state index in [1.165, 1.54) is 10.6 Å². The molecule has 0 bridgehead atoms. The summed E-state index contributed by atoms with van der Waals surface area (Å²) >= 11 is 8.88. The molecule has 16 heavy (non-hydrogen) atoms. The van der Waals surface area contributed by atoms with Crippen LogP contribution in [0.25, 0.3) is 0 Å². The Morgan fingerprint density at radius 3 is 2.88 bits per heavy atom. The van der Waals surface area contributed by atoms with Crippen molar-refractivity contribution in [2.45, 2.75) is 13.5 Å². The number of aryl methyl sites for hydroxylation is 1. The van der Waals surface area contributed by atoms with E-state index in [0.29, 0.717) is 22.8 Å². The Morgan fingerprint density at radius 2 is 2.31 bits per heavy atom. The Morgan fingerprint density at radius 1 is 1.56 bits per heavy atom. The summed E-state index contributed by atoms with van der Waals surface area (Å²) in [6.07, 6.45) is 0. The van der Waals surface area contributed by atoms with Crippen LogP contribution in [0.3, 0.4) is 0 Å². The monoisotopic (exact) mass is 302 g/mol. The van der Waals surface area contributed by atoms with Gasteiger partial charge in [-0.1, -0.05) is 11.6 Å². The predicted molar refractivity (Wildman–Crippen MR) is 63.8 cm³/mol. The first-order chi connectivity index (χ1) is 7.56. The van der Waals surface area contributed by atoms with E-state index in [9.17, 15) is 4.79 Å². The van der Waals surface area contributed by atoms with Crippen molar-refractivity contribution in [1.29, 1.82) is 0 Å². The maximum Gasteiger partial charge on any atom is 0.255 e. The van der Waals surface area contributed by atoms with Crippen molar-refractivity contribution in [2.24, 2.45) is 0 Å². The van der Waals surface area contributed by atoms with Gasteiger partial charge in [-0.05, 0) is 35.0 Å². The first kappa shape index (κ1) is 11.4. The highest BCUT2D eigenvalue weighted by Gasteiger charge is 2.07. The number of halogens is 2. The molecule has 0 aliphatic carbocycles. The van der Waals surface area contributed by atoms with Gasteiger partial charge in [0.15, 0.2) is 4.67 Å². The second kappa shape index (κ2) is 4.43. The summed E-state index contributed by atoms with van der Waals surface area (Å²) in [6, 6.07) is 4.86. The molecule has 0 spiro atoms. The van der Waals surface area contributed by atoms with Crippen LogP contribution in [-0.2, 0) is 6.54 Å². The van der Waals surface area contributed by atoms with E-state index in [4.69, 9.17) is 16.0 Å². The van der Waals surface area contributed by atoms with Gasteiger partial charge < -0.3 is 4.42 Å². The van der Waals surface area contributed by atoms with Gasteiger partial charge in [0.1, 0.15) is 16.7 Å². The Labute approximate surface area is 105 Å². The van der Waals surface area contributed by atoms with E-state index in [1.54, 1.807) is 19.1 Å². The second-order valence-corrected chi connectivity index (χ2v) is 4.43. The third-order valence-corrected chi connectivity index (χ3v) is 2.73. The van der Waals surface area contributed by atoms with Crippen molar-refractivity contribution in [3.63, 3.8) is 0 Å². The van der Waals surface area contributed by atoms with Crippen LogP contribution in [0.2, 0.25) is 5.15 Å². The summed E-state index contributed by atoms with van der Waals surface area (Å²) in [5.74, 6) is 1.24. The normalized spacial score (nSPS) is 10.7. The minimum Gasteiger partial charge on any atom is -0.452 e.